The number of anilines is 3. The molecule has 5 rings (SSSR count). The van der Waals surface area contributed by atoms with Crippen LogP contribution in [0.2, 0.25) is 0 Å². The van der Waals surface area contributed by atoms with Crippen molar-refractivity contribution in [3.8, 4) is 0 Å². The molecule has 11 nitrogen and oxygen atoms in total. The van der Waals surface area contributed by atoms with Crippen molar-refractivity contribution >= 4 is 57.3 Å². The molecule has 0 fully saturated rings. The molecule has 0 saturated carbocycles. The van der Waals surface area contributed by atoms with E-state index in [1.54, 1.807) is 17.0 Å². The maximum Gasteiger partial charge on any atom is 0.151 e. The summed E-state index contributed by atoms with van der Waals surface area (Å²) in [6.45, 7) is 21.7. The van der Waals surface area contributed by atoms with Gasteiger partial charge in [-0.05, 0) is 96.0 Å². The summed E-state index contributed by atoms with van der Waals surface area (Å²) < 4.78 is 19.6. The second-order valence-corrected chi connectivity index (χ2v) is 12.9. The van der Waals surface area contributed by atoms with E-state index in [2.05, 4.69) is 115 Å². The van der Waals surface area contributed by atoms with Gasteiger partial charge >= 0.3 is 0 Å². The number of imidazole rings is 1. The minimum absolute atomic E-state index is 0.0631. The molecule has 0 saturated heterocycles. The molecule has 0 aliphatic heterocycles. The molecule has 2 N–H and O–H groups in total. The van der Waals surface area contributed by atoms with Gasteiger partial charge < -0.3 is 25.0 Å². The Kier molecular flexibility index (Phi) is 11.5. The van der Waals surface area contributed by atoms with Crippen LogP contribution < -0.4 is 15.5 Å². The van der Waals surface area contributed by atoms with Crippen molar-refractivity contribution in [2.24, 2.45) is 9.98 Å². The van der Waals surface area contributed by atoms with Gasteiger partial charge in [0.05, 0.1) is 34.3 Å². The molecule has 0 unspecified atom stereocenters. The van der Waals surface area contributed by atoms with E-state index in [0.29, 0.717) is 39.2 Å². The van der Waals surface area contributed by atoms with E-state index in [1.165, 1.54) is 6.07 Å². The van der Waals surface area contributed by atoms with Gasteiger partial charge in [0.2, 0.25) is 0 Å². The summed E-state index contributed by atoms with van der Waals surface area (Å²) in [4.78, 5) is 18.1. The molecular formula is C39H48FN11. The van der Waals surface area contributed by atoms with Crippen molar-refractivity contribution in [1.82, 2.24) is 29.4 Å². The number of aryl methyl sites for hydroxylation is 2. The standard InChI is InChI=1S/C39H48FN11/c1-11-26(5)44-33-22-32(28(12-2)20-35(33)49(10)18-17-48(8)9)42-24-43-38(37(23-41-7)51-34-16-14-13-15-31(34)46-47-51)29-19-30(40)39-36(21-29)50(25(3)4)27(6)45-39/h11,13-16,19-23,25,42,44H,1,5,7,12,17-18,24H2,2-4,6,8-10H3/b37-23+,43-38?. The van der Waals surface area contributed by atoms with Crippen LogP contribution in [0.15, 0.2) is 89.6 Å². The Hall–Kier alpha value is -5.62. The van der Waals surface area contributed by atoms with Crippen LogP contribution in [0, 0.1) is 12.7 Å². The van der Waals surface area contributed by atoms with Crippen molar-refractivity contribution in [1.29, 1.82) is 0 Å². The van der Waals surface area contributed by atoms with Gasteiger partial charge in [0.25, 0.3) is 0 Å². The van der Waals surface area contributed by atoms with E-state index >= 15 is 4.39 Å². The average molecular weight is 690 g/mol. The lowest BCUT2D eigenvalue weighted by molar-refractivity contribution is 0.416. The number of nitrogens with one attached hydrogen (secondary N) is 2. The van der Waals surface area contributed by atoms with Crippen molar-refractivity contribution in [3.05, 3.63) is 102 Å². The van der Waals surface area contributed by atoms with Crippen LogP contribution in [-0.2, 0) is 6.42 Å². The maximum atomic E-state index is 15.9. The van der Waals surface area contributed by atoms with Crippen molar-refractivity contribution < 1.29 is 4.39 Å². The van der Waals surface area contributed by atoms with E-state index < -0.39 is 5.82 Å². The minimum atomic E-state index is -0.444. The molecule has 0 atom stereocenters. The molecule has 0 aliphatic rings. The Balaban J connectivity index is 1.64. The highest BCUT2D eigenvalue weighted by molar-refractivity contribution is 6.28. The first-order valence-corrected chi connectivity index (χ1v) is 17.0. The minimum Gasteiger partial charge on any atom is -0.372 e. The van der Waals surface area contributed by atoms with Crippen LogP contribution in [0.5, 0.6) is 0 Å². The molecule has 51 heavy (non-hydrogen) atoms. The van der Waals surface area contributed by atoms with Gasteiger partial charge in [-0.3, -0.25) is 9.98 Å². The Morgan fingerprint density at radius 3 is 2.51 bits per heavy atom. The Bertz CT molecular complexity index is 2130. The first-order valence-electron chi connectivity index (χ1n) is 17.0. The maximum absolute atomic E-state index is 15.9. The molecule has 0 radical (unpaired) electrons. The van der Waals surface area contributed by atoms with E-state index in [0.717, 1.165) is 53.5 Å². The summed E-state index contributed by atoms with van der Waals surface area (Å²) >= 11 is 0. The predicted octanol–water partition coefficient (Wildman–Crippen LogP) is 7.54. The summed E-state index contributed by atoms with van der Waals surface area (Å²) in [5, 5.41) is 15.8. The fourth-order valence-electron chi connectivity index (χ4n) is 6.13. The number of allylic oxidation sites excluding steroid dienone is 2. The Morgan fingerprint density at radius 1 is 1.06 bits per heavy atom. The van der Waals surface area contributed by atoms with Crippen LogP contribution >= 0.6 is 0 Å². The second-order valence-electron chi connectivity index (χ2n) is 12.9. The molecule has 2 aromatic heterocycles. The Labute approximate surface area is 299 Å². The highest BCUT2D eigenvalue weighted by atomic mass is 19.1. The number of likely N-dealkylation sites (N-methyl/N-ethyl adjacent to an activating group) is 2. The molecule has 3 aromatic carbocycles. The first-order chi connectivity index (χ1) is 24.5. The number of nitrogens with zero attached hydrogens (tertiary/aromatic N) is 9. The van der Waals surface area contributed by atoms with E-state index in [-0.39, 0.29) is 12.7 Å². The van der Waals surface area contributed by atoms with Crippen LogP contribution in [0.4, 0.5) is 21.5 Å². The van der Waals surface area contributed by atoms with E-state index in [9.17, 15) is 0 Å². The lowest BCUT2D eigenvalue weighted by Gasteiger charge is -2.26. The number of hydrogen-bond acceptors (Lipinski definition) is 9. The fourth-order valence-corrected chi connectivity index (χ4v) is 6.13. The predicted molar refractivity (Wildman–Crippen MR) is 212 cm³/mol. The Morgan fingerprint density at radius 2 is 1.82 bits per heavy atom. The number of fused-ring (bicyclic) bond motifs is 2. The molecule has 2 heterocycles. The van der Waals surface area contributed by atoms with Crippen molar-refractivity contribution in [2.45, 2.75) is 40.2 Å². The summed E-state index contributed by atoms with van der Waals surface area (Å²) in [5.74, 6) is 0.286. The molecule has 0 bridgehead atoms. The zero-order valence-corrected chi connectivity index (χ0v) is 30.7. The number of halogens is 1. The third kappa shape index (κ3) is 7.91. The highest BCUT2D eigenvalue weighted by Gasteiger charge is 2.22. The third-order valence-electron chi connectivity index (χ3n) is 8.70. The summed E-state index contributed by atoms with van der Waals surface area (Å²) in [6.07, 6.45) is 4.05. The molecular weight excluding hydrogens is 642 g/mol. The SMILES string of the molecule is C=CC(=C)Nc1cc(NCN=C(/C(=C\N=C)n2nnc3ccccc32)c2cc(F)c3nc(C)n(C(C)C)c3c2)c(CC)cc1N(C)CCN(C)C. The number of benzene rings is 3. The van der Waals surface area contributed by atoms with E-state index in [1.807, 2.05) is 41.8 Å². The summed E-state index contributed by atoms with van der Waals surface area (Å²) in [7, 11) is 6.21. The van der Waals surface area contributed by atoms with Gasteiger partial charge in [-0.15, -0.1) is 5.10 Å². The third-order valence-corrected chi connectivity index (χ3v) is 8.70. The largest absolute Gasteiger partial charge is 0.372 e. The zero-order chi connectivity index (χ0) is 36.8. The first kappa shape index (κ1) is 36.7. The zero-order valence-electron chi connectivity index (χ0n) is 30.7. The normalized spacial score (nSPS) is 12.3. The lowest BCUT2D eigenvalue weighted by atomic mass is 10.1. The quantitative estimate of drug-likeness (QED) is 0.0815. The monoisotopic (exact) mass is 689 g/mol. The lowest BCUT2D eigenvalue weighted by Crippen LogP contribution is -2.29. The molecule has 266 valence electrons. The van der Waals surface area contributed by atoms with Crippen LogP contribution in [-0.4, -0.2) is 82.8 Å². The smallest absolute Gasteiger partial charge is 0.151 e. The number of para-hydroxylation sites is 1. The van der Waals surface area contributed by atoms with E-state index in [4.69, 9.17) is 4.99 Å². The molecule has 0 spiro atoms. The summed E-state index contributed by atoms with van der Waals surface area (Å²) in [5.41, 5.74) is 8.56. The second kappa shape index (κ2) is 15.9. The van der Waals surface area contributed by atoms with Crippen LogP contribution in [0.3, 0.4) is 0 Å². The van der Waals surface area contributed by atoms with Gasteiger partial charge in [-0.2, -0.15) is 0 Å². The molecule has 5 aromatic rings. The number of hydrogen-bond donors (Lipinski definition) is 2. The van der Waals surface area contributed by atoms with Gasteiger partial charge in [-0.1, -0.05) is 37.4 Å². The van der Waals surface area contributed by atoms with Crippen LogP contribution in [0.1, 0.15) is 43.8 Å². The molecule has 0 amide bonds. The van der Waals surface area contributed by atoms with Gasteiger partial charge in [-0.25, -0.2) is 14.1 Å². The average Bonchev–Trinajstić information content (AvgIpc) is 3.69. The van der Waals surface area contributed by atoms with Gasteiger partial charge in [0, 0.05) is 43.1 Å². The number of aliphatic imine (C=N–C) groups is 2. The summed E-state index contributed by atoms with van der Waals surface area (Å²) in [6, 6.07) is 15.3. The molecule has 12 heteroatoms. The number of aromatic nitrogens is 5. The van der Waals surface area contributed by atoms with Gasteiger partial charge in [0.15, 0.2) is 5.82 Å². The number of rotatable bonds is 16. The fraction of sp³-hybridized carbons (Fsp3) is 0.308. The highest BCUT2D eigenvalue weighted by Crippen LogP contribution is 2.34. The molecule has 0 aliphatic carbocycles. The van der Waals surface area contributed by atoms with Crippen LogP contribution in [0.25, 0.3) is 27.8 Å². The van der Waals surface area contributed by atoms with Gasteiger partial charge in [0.1, 0.15) is 29.2 Å². The van der Waals surface area contributed by atoms with Crippen molar-refractivity contribution in [3.63, 3.8) is 0 Å². The topological polar surface area (TPSA) is 104 Å². The van der Waals surface area contributed by atoms with Crippen molar-refractivity contribution in [2.75, 3.05) is 56.4 Å².